The lowest BCUT2D eigenvalue weighted by atomic mass is 9.99. The highest BCUT2D eigenvalue weighted by atomic mass is 127. The molecule has 0 radical (unpaired) electrons. The Balaban J connectivity index is 1.86. The van der Waals surface area contributed by atoms with Crippen LogP contribution in [-0.4, -0.2) is 0 Å². The predicted octanol–water partition coefficient (Wildman–Crippen LogP) is 7.26. The zero-order valence-electron chi connectivity index (χ0n) is 11.4. The summed E-state index contributed by atoms with van der Waals surface area (Å²) in [5.74, 6) is -6.27. The normalized spacial score (nSPS) is 18.2. The van der Waals surface area contributed by atoms with Crippen molar-refractivity contribution in [1.29, 1.82) is 0 Å². The summed E-state index contributed by atoms with van der Waals surface area (Å²) in [5, 5.41) is 0. The van der Waals surface area contributed by atoms with Gasteiger partial charge in [-0.1, -0.05) is 0 Å². The molecule has 1 aromatic carbocycles. The number of hydrogen-bond donors (Lipinski definition) is 0. The van der Waals surface area contributed by atoms with Gasteiger partial charge in [0, 0.05) is 43.1 Å². The summed E-state index contributed by atoms with van der Waals surface area (Å²) in [6.07, 6.45) is 0. The largest absolute Gasteiger partial charge is 0.300 e. The van der Waals surface area contributed by atoms with Gasteiger partial charge in [-0.3, -0.25) is 0 Å². The van der Waals surface area contributed by atoms with Crippen LogP contribution < -0.4 is 0 Å². The van der Waals surface area contributed by atoms with Gasteiger partial charge in [0.25, 0.3) is 0 Å². The maximum absolute atomic E-state index is 14.8. The van der Waals surface area contributed by atoms with Crippen molar-refractivity contribution in [2.45, 2.75) is 11.8 Å². The average molecular weight is 590 g/mol. The molecule has 5 rings (SSSR count). The zero-order chi connectivity index (χ0) is 17.0. The third-order valence-corrected chi connectivity index (χ3v) is 8.26. The van der Waals surface area contributed by atoms with Crippen LogP contribution in [0, 0.1) is 5.77 Å². The predicted molar refractivity (Wildman–Crippen MR) is 104 cm³/mol. The Morgan fingerprint density at radius 2 is 1.00 bits per heavy atom. The third kappa shape index (κ3) is 1.83. The number of hydrogen-bond acceptors (Lipinski definition) is 2. The van der Waals surface area contributed by atoms with Crippen molar-refractivity contribution < 1.29 is 17.6 Å². The number of thiophene rings is 2. The van der Waals surface area contributed by atoms with Crippen LogP contribution in [0.1, 0.15) is 22.3 Å². The average Bonchev–Trinajstić information content (AvgIpc) is 3.17. The summed E-state index contributed by atoms with van der Waals surface area (Å²) < 4.78 is 60.7. The van der Waals surface area contributed by atoms with E-state index in [9.17, 15) is 17.6 Å². The summed E-state index contributed by atoms with van der Waals surface area (Å²) in [4.78, 5) is 0.811. The zero-order valence-corrected chi connectivity index (χ0v) is 17.3. The van der Waals surface area contributed by atoms with E-state index in [2.05, 4.69) is 0 Å². The summed E-state index contributed by atoms with van der Waals surface area (Å²) in [5.41, 5.74) is 0.0223. The molecule has 24 heavy (non-hydrogen) atoms. The van der Waals surface area contributed by atoms with E-state index in [-0.39, 0.29) is 33.4 Å². The highest BCUT2D eigenvalue weighted by Crippen LogP contribution is 2.60. The van der Waals surface area contributed by atoms with Gasteiger partial charge < -0.3 is 0 Å². The second-order valence-corrected chi connectivity index (χ2v) is 11.6. The fourth-order valence-electron chi connectivity index (χ4n) is 3.37. The third-order valence-electron chi connectivity index (χ3n) is 4.40. The fourth-order valence-corrected chi connectivity index (χ4v) is 7.21. The van der Waals surface area contributed by atoms with E-state index in [1.165, 1.54) is 46.9 Å². The van der Waals surface area contributed by atoms with Gasteiger partial charge in [-0.2, -0.15) is 17.6 Å². The molecule has 0 saturated heterocycles. The SMILES string of the molecule is FC1(F)c2cc3c(cc2-c2sc(I)cc21)C(F)(F)c1cc(I)sc1-3. The molecule has 2 aliphatic carbocycles. The highest BCUT2D eigenvalue weighted by molar-refractivity contribution is 14.1. The van der Waals surface area contributed by atoms with Crippen molar-refractivity contribution in [2.24, 2.45) is 0 Å². The molecule has 0 spiro atoms. The number of alkyl halides is 4. The molecule has 0 N–H and O–H groups in total. The van der Waals surface area contributed by atoms with Crippen molar-refractivity contribution in [1.82, 2.24) is 0 Å². The topological polar surface area (TPSA) is 0 Å². The van der Waals surface area contributed by atoms with E-state index in [0.29, 0.717) is 9.75 Å². The van der Waals surface area contributed by atoms with Gasteiger partial charge in [0.2, 0.25) is 0 Å². The van der Waals surface area contributed by atoms with E-state index in [1.54, 1.807) is 0 Å². The Labute approximate surface area is 169 Å². The first-order valence-electron chi connectivity index (χ1n) is 6.76. The fraction of sp³-hybridized carbons (Fsp3) is 0.125. The molecule has 2 aliphatic rings. The first-order valence-corrected chi connectivity index (χ1v) is 10.6. The van der Waals surface area contributed by atoms with E-state index in [0.717, 1.165) is 5.77 Å². The lowest BCUT2D eigenvalue weighted by Crippen LogP contribution is -2.13. The van der Waals surface area contributed by atoms with E-state index < -0.39 is 11.8 Å². The molecule has 2 aromatic heterocycles. The standard InChI is InChI=1S/C16H4F4I2S2/c17-15(18)7-1-5-8(2-6(7)14-10(15)4-12(22)24-14)16(19,20)9-3-11(21)23-13(5)9/h1-4H. The molecular weight excluding hydrogens is 586 g/mol. The van der Waals surface area contributed by atoms with Gasteiger partial charge in [0.05, 0.1) is 5.77 Å². The molecule has 0 aliphatic heterocycles. The Hall–Kier alpha value is -0.200. The minimum Gasteiger partial charge on any atom is -0.196 e. The van der Waals surface area contributed by atoms with Gasteiger partial charge in [-0.25, -0.2) is 0 Å². The minimum atomic E-state index is -3.14. The lowest BCUT2D eigenvalue weighted by molar-refractivity contribution is 0.0452. The molecule has 2 heterocycles. The summed E-state index contributed by atoms with van der Waals surface area (Å²) in [7, 11) is 0. The number of rotatable bonds is 0. The smallest absolute Gasteiger partial charge is 0.196 e. The van der Waals surface area contributed by atoms with Gasteiger partial charge >= 0.3 is 11.8 Å². The molecule has 122 valence electrons. The lowest BCUT2D eigenvalue weighted by Gasteiger charge is -2.15. The van der Waals surface area contributed by atoms with Gasteiger partial charge in [0.1, 0.15) is 0 Å². The second-order valence-electron chi connectivity index (χ2n) is 5.68. The summed E-state index contributed by atoms with van der Waals surface area (Å²) in [6, 6.07) is 5.44. The molecule has 0 nitrogen and oxygen atoms in total. The minimum absolute atomic E-state index is 0.0696. The van der Waals surface area contributed by atoms with Crippen LogP contribution in [0.3, 0.4) is 0 Å². The number of fused-ring (bicyclic) bond motifs is 6. The maximum Gasteiger partial charge on any atom is 0.300 e. The molecule has 0 fully saturated rings. The van der Waals surface area contributed by atoms with Crippen LogP contribution in [0.5, 0.6) is 0 Å². The van der Waals surface area contributed by atoms with Crippen LogP contribution in [0.25, 0.3) is 20.9 Å². The highest BCUT2D eigenvalue weighted by Gasteiger charge is 2.51. The van der Waals surface area contributed by atoms with Crippen molar-refractivity contribution in [2.75, 3.05) is 0 Å². The number of halogens is 6. The second kappa shape index (κ2) is 4.74. The Bertz CT molecular complexity index is 965. The van der Waals surface area contributed by atoms with Gasteiger partial charge in [-0.15, -0.1) is 22.7 Å². The quantitative estimate of drug-likeness (QED) is 0.191. The molecular formula is C16H4F4I2S2. The van der Waals surface area contributed by atoms with E-state index in [4.69, 9.17) is 0 Å². The Kier molecular flexibility index (Phi) is 3.16. The van der Waals surface area contributed by atoms with Crippen LogP contribution in [0.4, 0.5) is 17.6 Å². The Morgan fingerprint density at radius 1 is 0.625 bits per heavy atom. The molecule has 0 unspecified atom stereocenters. The first-order chi connectivity index (χ1) is 11.2. The monoisotopic (exact) mass is 590 g/mol. The van der Waals surface area contributed by atoms with Crippen molar-refractivity contribution in [3.05, 3.63) is 52.3 Å². The van der Waals surface area contributed by atoms with Crippen LogP contribution in [0.2, 0.25) is 0 Å². The van der Waals surface area contributed by atoms with Gasteiger partial charge in [0.15, 0.2) is 0 Å². The Morgan fingerprint density at radius 3 is 1.38 bits per heavy atom. The van der Waals surface area contributed by atoms with Crippen molar-refractivity contribution >= 4 is 67.9 Å². The van der Waals surface area contributed by atoms with Crippen molar-refractivity contribution in [3.8, 4) is 20.9 Å². The summed E-state index contributed by atoms with van der Waals surface area (Å²) in [6.45, 7) is 0. The first kappa shape index (κ1) is 16.0. The van der Waals surface area contributed by atoms with Gasteiger partial charge in [-0.05, 0) is 69.4 Å². The summed E-state index contributed by atoms with van der Waals surface area (Å²) >= 11 is 6.41. The molecule has 0 atom stereocenters. The van der Waals surface area contributed by atoms with E-state index in [1.807, 2.05) is 45.2 Å². The molecule has 0 amide bonds. The maximum atomic E-state index is 14.8. The van der Waals surface area contributed by atoms with Crippen LogP contribution in [0.15, 0.2) is 24.3 Å². The molecule has 0 bridgehead atoms. The molecule has 3 aromatic rings. The molecule has 0 saturated carbocycles. The van der Waals surface area contributed by atoms with Crippen molar-refractivity contribution in [3.63, 3.8) is 0 Å². The van der Waals surface area contributed by atoms with E-state index >= 15 is 0 Å². The van der Waals surface area contributed by atoms with Crippen LogP contribution >= 0.6 is 67.9 Å². The molecule has 8 heteroatoms. The number of benzene rings is 1. The van der Waals surface area contributed by atoms with Crippen LogP contribution in [-0.2, 0) is 11.8 Å².